The maximum Gasteiger partial charge on any atom is 0.282 e. The number of methoxy groups -OCH3 is 1. The normalized spacial score (nSPS) is 17.3. The number of benzene rings is 2. The molecule has 0 aliphatic carbocycles. The van der Waals surface area contributed by atoms with Crippen molar-refractivity contribution in [2.24, 2.45) is 0 Å². The summed E-state index contributed by atoms with van der Waals surface area (Å²) in [6.07, 6.45) is 0.920. The van der Waals surface area contributed by atoms with Gasteiger partial charge in [0.2, 0.25) is 0 Å². The molecule has 0 aromatic heterocycles. The van der Waals surface area contributed by atoms with Crippen molar-refractivity contribution in [2.75, 3.05) is 25.6 Å². The van der Waals surface area contributed by atoms with E-state index in [1.54, 1.807) is 7.11 Å². The molecule has 0 spiro atoms. The maximum absolute atomic E-state index is 12.9. The zero-order chi connectivity index (χ0) is 18.0. The van der Waals surface area contributed by atoms with Gasteiger partial charge in [-0.25, -0.2) is 0 Å². The van der Waals surface area contributed by atoms with Crippen molar-refractivity contribution in [1.29, 1.82) is 0 Å². The first-order valence-corrected chi connectivity index (χ1v) is 8.91. The number of anilines is 1. The fourth-order valence-corrected chi connectivity index (χ4v) is 3.76. The van der Waals surface area contributed by atoms with Crippen molar-refractivity contribution in [3.8, 4) is 5.75 Å². The number of hydrogen-bond acceptors (Lipinski definition) is 2. The lowest BCUT2D eigenvalue weighted by molar-refractivity contribution is -0.885. The van der Waals surface area contributed by atoms with E-state index in [1.807, 2.05) is 48.3 Å². The summed E-state index contributed by atoms with van der Waals surface area (Å²) in [5, 5.41) is 0.678. The van der Waals surface area contributed by atoms with Crippen molar-refractivity contribution < 1.29 is 14.4 Å². The van der Waals surface area contributed by atoms with Gasteiger partial charge in [0.05, 0.1) is 14.2 Å². The minimum absolute atomic E-state index is 0.149. The van der Waals surface area contributed by atoms with Gasteiger partial charge in [-0.1, -0.05) is 29.8 Å². The second kappa shape index (κ2) is 7.46. The fraction of sp³-hybridized carbons (Fsp3) is 0.350. The Morgan fingerprint density at radius 3 is 2.84 bits per heavy atom. The van der Waals surface area contributed by atoms with E-state index in [2.05, 4.69) is 13.0 Å². The molecule has 2 aromatic carbocycles. The fourth-order valence-electron chi connectivity index (χ4n) is 3.56. The average molecular weight is 360 g/mol. The van der Waals surface area contributed by atoms with Crippen LogP contribution in [0.4, 0.5) is 5.69 Å². The van der Waals surface area contributed by atoms with Crippen LogP contribution in [0.1, 0.15) is 18.1 Å². The minimum Gasteiger partial charge on any atom is -0.496 e. The van der Waals surface area contributed by atoms with Crippen LogP contribution in [0.25, 0.3) is 0 Å². The van der Waals surface area contributed by atoms with Crippen LogP contribution in [0.2, 0.25) is 5.02 Å². The Morgan fingerprint density at radius 2 is 2.08 bits per heavy atom. The Hall–Kier alpha value is -2.04. The van der Waals surface area contributed by atoms with E-state index in [0.29, 0.717) is 18.1 Å². The van der Waals surface area contributed by atoms with Crippen LogP contribution in [0.5, 0.6) is 5.75 Å². The van der Waals surface area contributed by atoms with Crippen LogP contribution in [-0.2, 0) is 17.8 Å². The third-order valence-corrected chi connectivity index (χ3v) is 4.90. The zero-order valence-corrected chi connectivity index (χ0v) is 15.6. The van der Waals surface area contributed by atoms with Crippen molar-refractivity contribution >= 4 is 23.2 Å². The summed E-state index contributed by atoms with van der Waals surface area (Å²) < 4.78 is 5.40. The molecular weight excluding hydrogens is 336 g/mol. The molecule has 1 aliphatic rings. The first-order chi connectivity index (χ1) is 12.0. The first kappa shape index (κ1) is 17.8. The second-order valence-corrected chi connectivity index (χ2v) is 7.15. The van der Waals surface area contributed by atoms with Gasteiger partial charge in [0.25, 0.3) is 5.91 Å². The lowest BCUT2D eigenvalue weighted by atomic mass is 10.1. The van der Waals surface area contributed by atoms with E-state index < -0.39 is 0 Å². The molecule has 5 heteroatoms. The molecule has 132 valence electrons. The number of carbonyl (C=O) groups is 1. The molecule has 1 aliphatic heterocycles. The van der Waals surface area contributed by atoms with E-state index in [0.717, 1.165) is 28.3 Å². The molecule has 0 fully saturated rings. The van der Waals surface area contributed by atoms with Crippen LogP contribution in [0.15, 0.2) is 42.5 Å². The molecule has 3 rings (SSSR count). The summed E-state index contributed by atoms with van der Waals surface area (Å²) >= 11 is 6.10. The van der Waals surface area contributed by atoms with Gasteiger partial charge in [-0.3, -0.25) is 4.79 Å². The number of quaternary nitrogens is 1. The smallest absolute Gasteiger partial charge is 0.282 e. The number of fused-ring (bicyclic) bond motifs is 1. The van der Waals surface area contributed by atoms with Gasteiger partial charge in [-0.15, -0.1) is 0 Å². The highest BCUT2D eigenvalue weighted by molar-refractivity contribution is 6.30. The molecular formula is C20H24ClN2O2+. The Morgan fingerprint density at radius 1 is 1.32 bits per heavy atom. The standard InChI is InChI=1S/C20H23ClN2O2/c1-14-10-15-6-4-5-7-18(15)23(14)20(24)13-22(2)12-16-11-17(21)8-9-19(16)25-3/h4-9,11,14H,10,12-13H2,1-3H3/p+1/t14-/m1/s1. The SMILES string of the molecule is COc1ccc(Cl)cc1C[NH+](C)CC(=O)N1c2ccccc2C[C@H]1C. The van der Waals surface area contributed by atoms with Crippen molar-refractivity contribution in [1.82, 2.24) is 0 Å². The first-order valence-electron chi connectivity index (χ1n) is 8.53. The number of carbonyl (C=O) groups excluding carboxylic acids is 1. The van der Waals surface area contributed by atoms with Gasteiger partial charge < -0.3 is 14.5 Å². The number of para-hydroxylation sites is 1. The summed E-state index contributed by atoms with van der Waals surface area (Å²) in [5.41, 5.74) is 3.31. The van der Waals surface area contributed by atoms with E-state index >= 15 is 0 Å². The number of nitrogens with zero attached hydrogens (tertiary/aromatic N) is 1. The zero-order valence-electron chi connectivity index (χ0n) is 14.9. The van der Waals surface area contributed by atoms with E-state index in [4.69, 9.17) is 16.3 Å². The highest BCUT2D eigenvalue weighted by Crippen LogP contribution is 2.31. The van der Waals surface area contributed by atoms with Crippen molar-refractivity contribution in [3.05, 3.63) is 58.6 Å². The highest BCUT2D eigenvalue weighted by atomic mass is 35.5. The van der Waals surface area contributed by atoms with Gasteiger partial charge in [-0.05, 0) is 43.2 Å². The predicted molar refractivity (Wildman–Crippen MR) is 101 cm³/mol. The molecule has 0 bridgehead atoms. The van der Waals surface area contributed by atoms with Gasteiger partial charge in [0, 0.05) is 22.3 Å². The average Bonchev–Trinajstić information content (AvgIpc) is 2.90. The molecule has 1 amide bonds. The number of likely N-dealkylation sites (N-methyl/N-ethyl adjacent to an activating group) is 1. The summed E-state index contributed by atoms with van der Waals surface area (Å²) in [6.45, 7) is 3.21. The Labute approximate surface area is 154 Å². The van der Waals surface area contributed by atoms with E-state index in [1.165, 1.54) is 5.56 Å². The minimum atomic E-state index is 0.149. The Kier molecular flexibility index (Phi) is 5.30. The third-order valence-electron chi connectivity index (χ3n) is 4.66. The van der Waals surface area contributed by atoms with Gasteiger partial charge >= 0.3 is 0 Å². The molecule has 0 saturated heterocycles. The summed E-state index contributed by atoms with van der Waals surface area (Å²) in [4.78, 5) is 15.9. The molecule has 1 heterocycles. The largest absolute Gasteiger partial charge is 0.496 e. The maximum atomic E-state index is 12.9. The third kappa shape index (κ3) is 3.80. The van der Waals surface area contributed by atoms with Crippen LogP contribution in [0, 0.1) is 0 Å². The van der Waals surface area contributed by atoms with Crippen molar-refractivity contribution in [3.63, 3.8) is 0 Å². The van der Waals surface area contributed by atoms with Gasteiger partial charge in [-0.2, -0.15) is 0 Å². The monoisotopic (exact) mass is 359 g/mol. The number of nitrogens with one attached hydrogen (secondary N) is 1. The number of ether oxygens (including phenoxy) is 1. The molecule has 2 aromatic rings. The molecule has 1 N–H and O–H groups in total. The van der Waals surface area contributed by atoms with Gasteiger partial charge in [0.15, 0.2) is 6.54 Å². The number of halogens is 1. The quantitative estimate of drug-likeness (QED) is 0.889. The molecule has 2 atom stereocenters. The molecule has 1 unspecified atom stereocenters. The lowest BCUT2D eigenvalue weighted by Crippen LogP contribution is -3.09. The molecule has 0 radical (unpaired) electrons. The summed E-state index contributed by atoms with van der Waals surface area (Å²) in [6, 6.07) is 13.9. The van der Waals surface area contributed by atoms with Crippen LogP contribution in [-0.4, -0.2) is 32.7 Å². The lowest BCUT2D eigenvalue weighted by Gasteiger charge is -2.24. The van der Waals surface area contributed by atoms with E-state index in [-0.39, 0.29) is 11.9 Å². The van der Waals surface area contributed by atoms with Crippen LogP contribution >= 0.6 is 11.6 Å². The number of amides is 1. The number of rotatable bonds is 5. The molecule has 25 heavy (non-hydrogen) atoms. The van der Waals surface area contributed by atoms with E-state index in [9.17, 15) is 4.79 Å². The second-order valence-electron chi connectivity index (χ2n) is 6.71. The Bertz CT molecular complexity index is 778. The van der Waals surface area contributed by atoms with Crippen LogP contribution in [0.3, 0.4) is 0 Å². The highest BCUT2D eigenvalue weighted by Gasteiger charge is 2.32. The predicted octanol–water partition coefficient (Wildman–Crippen LogP) is 2.34. The Balaban J connectivity index is 1.70. The topological polar surface area (TPSA) is 34.0 Å². The number of hydrogen-bond donors (Lipinski definition) is 1. The van der Waals surface area contributed by atoms with Crippen LogP contribution < -0.4 is 14.5 Å². The summed E-state index contributed by atoms with van der Waals surface area (Å²) in [7, 11) is 3.67. The van der Waals surface area contributed by atoms with Gasteiger partial charge in [0.1, 0.15) is 12.3 Å². The molecule has 4 nitrogen and oxygen atoms in total. The van der Waals surface area contributed by atoms with Crippen molar-refractivity contribution in [2.45, 2.75) is 25.9 Å². The summed E-state index contributed by atoms with van der Waals surface area (Å²) in [5.74, 6) is 0.951. The molecule has 0 saturated carbocycles.